The van der Waals surface area contributed by atoms with E-state index < -0.39 is 12.1 Å². The van der Waals surface area contributed by atoms with Crippen LogP contribution in [-0.4, -0.2) is 20.7 Å². The highest BCUT2D eigenvalue weighted by Crippen LogP contribution is 2.23. The fraction of sp³-hybridized carbons (Fsp3) is 0.182. The summed E-state index contributed by atoms with van der Waals surface area (Å²) < 4.78 is 1.69. The number of carboxylic acid groups (broad SMARTS) is 1. The van der Waals surface area contributed by atoms with Gasteiger partial charge in [0.25, 0.3) is 0 Å². The molecular formula is C11H11NO3. The Hall–Kier alpha value is -1.81. The summed E-state index contributed by atoms with van der Waals surface area (Å²) in [6, 6.07) is 9.20. The number of aromatic nitrogens is 1. The lowest BCUT2D eigenvalue weighted by molar-refractivity contribution is -0.147. The molecule has 4 heteroatoms. The minimum atomic E-state index is -1.47. The van der Waals surface area contributed by atoms with Gasteiger partial charge in [-0.05, 0) is 17.5 Å². The molecule has 0 saturated heterocycles. The first-order valence-electron chi connectivity index (χ1n) is 4.56. The fourth-order valence-electron chi connectivity index (χ4n) is 1.70. The van der Waals surface area contributed by atoms with Crippen LogP contribution >= 0.6 is 0 Å². The highest BCUT2D eigenvalue weighted by molar-refractivity contribution is 5.84. The van der Waals surface area contributed by atoms with Crippen LogP contribution in [0.3, 0.4) is 0 Å². The number of aliphatic carboxylic acids is 1. The molecule has 0 radical (unpaired) electrons. The summed E-state index contributed by atoms with van der Waals surface area (Å²) in [6.45, 7) is 0. The second-order valence-electron chi connectivity index (χ2n) is 3.43. The molecule has 2 aromatic rings. The molecule has 1 aromatic carbocycles. The van der Waals surface area contributed by atoms with Crippen LogP contribution in [0.15, 0.2) is 30.3 Å². The number of aliphatic hydroxyl groups is 1. The zero-order valence-electron chi connectivity index (χ0n) is 8.21. The van der Waals surface area contributed by atoms with Crippen molar-refractivity contribution in [1.82, 2.24) is 4.57 Å². The maximum atomic E-state index is 10.7. The molecule has 0 spiro atoms. The Kier molecular flexibility index (Phi) is 2.21. The zero-order chi connectivity index (χ0) is 11.0. The normalized spacial score (nSPS) is 12.9. The van der Waals surface area contributed by atoms with Crippen LogP contribution in [0.5, 0.6) is 0 Å². The van der Waals surface area contributed by atoms with Gasteiger partial charge in [-0.25, -0.2) is 4.79 Å². The number of aryl methyl sites for hydroxylation is 1. The van der Waals surface area contributed by atoms with Crippen molar-refractivity contribution in [3.8, 4) is 0 Å². The first-order valence-corrected chi connectivity index (χ1v) is 4.56. The molecule has 0 aliphatic heterocycles. The number of rotatable bonds is 2. The summed E-state index contributed by atoms with van der Waals surface area (Å²) in [6.07, 6.45) is -1.47. The lowest BCUT2D eigenvalue weighted by atomic mass is 10.2. The third-order valence-corrected chi connectivity index (χ3v) is 2.50. The van der Waals surface area contributed by atoms with Crippen molar-refractivity contribution in [3.63, 3.8) is 0 Å². The van der Waals surface area contributed by atoms with Crippen LogP contribution in [0.2, 0.25) is 0 Å². The second kappa shape index (κ2) is 3.40. The largest absolute Gasteiger partial charge is 0.479 e. The summed E-state index contributed by atoms with van der Waals surface area (Å²) in [5.41, 5.74) is 1.30. The summed E-state index contributed by atoms with van der Waals surface area (Å²) in [5, 5.41) is 19.1. The number of carboxylic acids is 1. The van der Waals surface area contributed by atoms with Crippen LogP contribution in [0.4, 0.5) is 0 Å². The lowest BCUT2D eigenvalue weighted by Gasteiger charge is -2.06. The number of benzene rings is 1. The lowest BCUT2D eigenvalue weighted by Crippen LogP contribution is -2.13. The predicted molar refractivity (Wildman–Crippen MR) is 55.5 cm³/mol. The molecular weight excluding hydrogens is 194 g/mol. The van der Waals surface area contributed by atoms with Crippen molar-refractivity contribution in [2.75, 3.05) is 0 Å². The second-order valence-corrected chi connectivity index (χ2v) is 3.43. The Bertz CT molecular complexity index is 516. The van der Waals surface area contributed by atoms with E-state index in [-0.39, 0.29) is 0 Å². The maximum Gasteiger partial charge on any atom is 0.338 e. The van der Waals surface area contributed by atoms with Crippen LogP contribution in [0.25, 0.3) is 10.9 Å². The highest BCUT2D eigenvalue weighted by atomic mass is 16.4. The zero-order valence-corrected chi connectivity index (χ0v) is 8.21. The maximum absolute atomic E-state index is 10.7. The number of nitrogens with zero attached hydrogens (tertiary/aromatic N) is 1. The van der Waals surface area contributed by atoms with Gasteiger partial charge in [-0.1, -0.05) is 18.2 Å². The predicted octanol–water partition coefficient (Wildman–Crippen LogP) is 1.30. The Labute approximate surface area is 86.4 Å². The number of carbonyl (C=O) groups is 1. The van der Waals surface area contributed by atoms with Crippen molar-refractivity contribution in [1.29, 1.82) is 0 Å². The fourth-order valence-corrected chi connectivity index (χ4v) is 1.70. The van der Waals surface area contributed by atoms with Gasteiger partial charge in [0.15, 0.2) is 6.10 Å². The summed E-state index contributed by atoms with van der Waals surface area (Å²) in [5.74, 6) is -1.24. The molecule has 2 rings (SSSR count). The third kappa shape index (κ3) is 1.49. The Morgan fingerprint density at radius 1 is 1.40 bits per heavy atom. The molecule has 0 saturated carbocycles. The minimum absolute atomic E-state index is 0.392. The number of hydrogen-bond donors (Lipinski definition) is 2. The van der Waals surface area contributed by atoms with Crippen LogP contribution in [0.1, 0.15) is 11.8 Å². The highest BCUT2D eigenvalue weighted by Gasteiger charge is 2.20. The van der Waals surface area contributed by atoms with E-state index in [4.69, 9.17) is 5.11 Å². The molecule has 78 valence electrons. The molecule has 0 amide bonds. The van der Waals surface area contributed by atoms with E-state index in [9.17, 15) is 9.90 Å². The molecule has 2 N–H and O–H groups in total. The van der Waals surface area contributed by atoms with E-state index in [1.165, 1.54) is 0 Å². The van der Waals surface area contributed by atoms with Crippen LogP contribution in [-0.2, 0) is 11.8 Å². The third-order valence-electron chi connectivity index (χ3n) is 2.50. The van der Waals surface area contributed by atoms with E-state index in [0.29, 0.717) is 5.69 Å². The van der Waals surface area contributed by atoms with Gasteiger partial charge in [0.1, 0.15) is 0 Å². The topological polar surface area (TPSA) is 62.5 Å². The van der Waals surface area contributed by atoms with Gasteiger partial charge < -0.3 is 14.8 Å². The van der Waals surface area contributed by atoms with E-state index >= 15 is 0 Å². The van der Waals surface area contributed by atoms with Crippen molar-refractivity contribution in [2.45, 2.75) is 6.10 Å². The number of hydrogen-bond acceptors (Lipinski definition) is 2. The molecule has 0 bridgehead atoms. The smallest absolute Gasteiger partial charge is 0.338 e. The molecule has 1 unspecified atom stereocenters. The van der Waals surface area contributed by atoms with Gasteiger partial charge in [-0.2, -0.15) is 0 Å². The van der Waals surface area contributed by atoms with E-state index in [0.717, 1.165) is 10.9 Å². The minimum Gasteiger partial charge on any atom is -0.479 e. The SMILES string of the molecule is Cn1c(C(O)C(=O)O)cc2ccccc21. The average Bonchev–Trinajstić information content (AvgIpc) is 2.56. The van der Waals surface area contributed by atoms with E-state index in [1.807, 2.05) is 24.3 Å². The average molecular weight is 205 g/mol. The molecule has 1 atom stereocenters. The summed E-state index contributed by atoms with van der Waals surface area (Å²) in [7, 11) is 1.74. The van der Waals surface area contributed by atoms with Gasteiger partial charge in [-0.3, -0.25) is 0 Å². The molecule has 4 nitrogen and oxygen atoms in total. The van der Waals surface area contributed by atoms with Crippen LogP contribution in [0, 0.1) is 0 Å². The molecule has 0 aliphatic rings. The first-order chi connectivity index (χ1) is 7.11. The van der Waals surface area contributed by atoms with Crippen molar-refractivity contribution < 1.29 is 15.0 Å². The van der Waals surface area contributed by atoms with Gasteiger partial charge in [-0.15, -0.1) is 0 Å². The van der Waals surface area contributed by atoms with Gasteiger partial charge in [0.2, 0.25) is 0 Å². The van der Waals surface area contributed by atoms with Crippen molar-refractivity contribution in [2.24, 2.45) is 7.05 Å². The summed E-state index contributed by atoms with van der Waals surface area (Å²) >= 11 is 0. The molecule has 0 fully saturated rings. The summed E-state index contributed by atoms with van der Waals surface area (Å²) in [4.78, 5) is 10.7. The molecule has 1 heterocycles. The van der Waals surface area contributed by atoms with Gasteiger partial charge in [0.05, 0.1) is 5.69 Å². The number of aliphatic hydroxyl groups excluding tert-OH is 1. The Morgan fingerprint density at radius 2 is 2.07 bits per heavy atom. The number of para-hydroxylation sites is 1. The van der Waals surface area contributed by atoms with E-state index in [1.54, 1.807) is 17.7 Å². The quantitative estimate of drug-likeness (QED) is 0.776. The molecule has 1 aromatic heterocycles. The molecule has 0 aliphatic carbocycles. The van der Waals surface area contributed by atoms with E-state index in [2.05, 4.69) is 0 Å². The first kappa shape index (κ1) is 9.73. The van der Waals surface area contributed by atoms with Crippen LogP contribution < -0.4 is 0 Å². The number of fused-ring (bicyclic) bond motifs is 1. The standard InChI is InChI=1S/C11H11NO3/c1-12-8-5-3-2-4-7(8)6-9(12)10(13)11(14)15/h2-6,10,13H,1H3,(H,14,15). The van der Waals surface area contributed by atoms with Crippen molar-refractivity contribution >= 4 is 16.9 Å². The Balaban J connectivity index is 2.63. The van der Waals surface area contributed by atoms with Gasteiger partial charge in [0, 0.05) is 12.6 Å². The molecule has 15 heavy (non-hydrogen) atoms. The van der Waals surface area contributed by atoms with Gasteiger partial charge >= 0.3 is 5.97 Å². The van der Waals surface area contributed by atoms with Crippen molar-refractivity contribution in [3.05, 3.63) is 36.0 Å². The monoisotopic (exact) mass is 205 g/mol. The Morgan fingerprint density at radius 3 is 2.67 bits per heavy atom.